The van der Waals surface area contributed by atoms with Crippen LogP contribution in [0.5, 0.6) is 0 Å². The summed E-state index contributed by atoms with van der Waals surface area (Å²) in [5.74, 6) is 0.577. The first kappa shape index (κ1) is 15.3. The monoisotopic (exact) mass is 357 g/mol. The molecule has 0 aliphatic carbocycles. The van der Waals surface area contributed by atoms with Gasteiger partial charge in [-0.2, -0.15) is 9.61 Å². The molecule has 0 atom stereocenters. The fraction of sp³-hybridized carbons (Fsp3) is 0.214. The third-order valence-electron chi connectivity index (χ3n) is 3.67. The second kappa shape index (κ2) is 5.70. The molecule has 11 heteroatoms. The molecule has 1 N–H and O–H groups in total. The average molecular weight is 357 g/mol. The number of nitrogens with zero attached hydrogens (tertiary/aromatic N) is 6. The quantitative estimate of drug-likeness (QED) is 0.328. The molecule has 0 aliphatic heterocycles. The normalized spacial score (nSPS) is 11.4. The fourth-order valence-electron chi connectivity index (χ4n) is 2.50. The van der Waals surface area contributed by atoms with E-state index in [0.717, 1.165) is 5.01 Å². The number of carbonyl (C=O) groups is 1. The van der Waals surface area contributed by atoms with E-state index in [1.807, 2.05) is 6.92 Å². The van der Waals surface area contributed by atoms with Crippen LogP contribution in [-0.2, 0) is 6.42 Å². The Morgan fingerprint density at radius 3 is 3.04 bits per heavy atom. The lowest BCUT2D eigenvalue weighted by Crippen LogP contribution is -2.06. The third-order valence-corrected chi connectivity index (χ3v) is 4.49. The minimum atomic E-state index is -0.492. The maximum absolute atomic E-state index is 12.4. The molecule has 3 aromatic heterocycles. The molecule has 4 rings (SSSR count). The van der Waals surface area contributed by atoms with Gasteiger partial charge in [0.2, 0.25) is 4.96 Å². The van der Waals surface area contributed by atoms with E-state index in [1.165, 1.54) is 29.5 Å². The zero-order valence-corrected chi connectivity index (χ0v) is 13.8. The number of fused-ring (bicyclic) bond motifs is 2. The number of H-pyrrole nitrogens is 1. The summed E-state index contributed by atoms with van der Waals surface area (Å²) in [4.78, 5) is 30.4. The maximum atomic E-state index is 12.4. The first-order chi connectivity index (χ1) is 12.0. The Morgan fingerprint density at radius 1 is 1.40 bits per heavy atom. The van der Waals surface area contributed by atoms with Crippen molar-refractivity contribution in [2.24, 2.45) is 0 Å². The van der Waals surface area contributed by atoms with Gasteiger partial charge in [0.1, 0.15) is 5.01 Å². The second-order valence-corrected chi connectivity index (χ2v) is 6.56. The summed E-state index contributed by atoms with van der Waals surface area (Å²) in [6.45, 7) is 1.88. The molecule has 0 saturated heterocycles. The van der Waals surface area contributed by atoms with Gasteiger partial charge in [0, 0.05) is 25.0 Å². The van der Waals surface area contributed by atoms with E-state index in [0.29, 0.717) is 28.2 Å². The molecule has 1 aromatic carbocycles. The summed E-state index contributed by atoms with van der Waals surface area (Å²) in [6.07, 6.45) is 0.555. The number of aromatic amines is 1. The van der Waals surface area contributed by atoms with Crippen molar-refractivity contribution in [1.82, 2.24) is 29.8 Å². The van der Waals surface area contributed by atoms with Crippen LogP contribution < -0.4 is 0 Å². The maximum Gasteiger partial charge on any atom is 0.271 e. The number of hydrogen-bond donors (Lipinski definition) is 1. The third kappa shape index (κ3) is 2.74. The van der Waals surface area contributed by atoms with Crippen LogP contribution in [0.2, 0.25) is 0 Å². The Balaban J connectivity index is 1.54. The van der Waals surface area contributed by atoms with E-state index in [2.05, 4.69) is 25.3 Å². The second-order valence-electron chi connectivity index (χ2n) is 5.40. The van der Waals surface area contributed by atoms with Gasteiger partial charge in [-0.1, -0.05) is 11.3 Å². The predicted octanol–water partition coefficient (Wildman–Crippen LogP) is 2.09. The molecule has 0 saturated carbocycles. The summed E-state index contributed by atoms with van der Waals surface area (Å²) < 4.78 is 1.63. The Bertz CT molecular complexity index is 1130. The van der Waals surface area contributed by atoms with E-state index >= 15 is 0 Å². The van der Waals surface area contributed by atoms with E-state index in [9.17, 15) is 14.9 Å². The van der Waals surface area contributed by atoms with Crippen molar-refractivity contribution < 1.29 is 9.72 Å². The van der Waals surface area contributed by atoms with Crippen molar-refractivity contribution >= 4 is 38.8 Å². The Labute approximate surface area is 143 Å². The van der Waals surface area contributed by atoms with Crippen LogP contribution in [0.4, 0.5) is 5.69 Å². The van der Waals surface area contributed by atoms with Crippen LogP contribution in [0.3, 0.4) is 0 Å². The average Bonchev–Trinajstić information content (AvgIpc) is 3.25. The molecule has 3 heterocycles. The lowest BCUT2D eigenvalue weighted by Gasteiger charge is -1.95. The van der Waals surface area contributed by atoms with E-state index in [-0.39, 0.29) is 23.7 Å². The molecule has 0 radical (unpaired) electrons. The number of imidazole rings is 1. The number of hydrogen-bond acceptors (Lipinski definition) is 8. The van der Waals surface area contributed by atoms with E-state index in [1.54, 1.807) is 4.52 Å². The molecule has 0 aliphatic rings. The molecule has 0 amide bonds. The summed E-state index contributed by atoms with van der Waals surface area (Å²) in [6, 6.07) is 4.23. The van der Waals surface area contributed by atoms with Crippen LogP contribution in [-0.4, -0.2) is 40.5 Å². The van der Waals surface area contributed by atoms with Gasteiger partial charge in [-0.05, 0) is 13.0 Å². The zero-order valence-electron chi connectivity index (χ0n) is 13.0. The van der Waals surface area contributed by atoms with Gasteiger partial charge >= 0.3 is 0 Å². The molecule has 25 heavy (non-hydrogen) atoms. The summed E-state index contributed by atoms with van der Waals surface area (Å²) in [5, 5.41) is 24.0. The first-order valence-corrected chi connectivity index (χ1v) is 8.18. The fourth-order valence-corrected chi connectivity index (χ4v) is 3.20. The van der Waals surface area contributed by atoms with Gasteiger partial charge in [-0.25, -0.2) is 4.98 Å². The highest BCUT2D eigenvalue weighted by Gasteiger charge is 2.16. The van der Waals surface area contributed by atoms with Gasteiger partial charge in [0.25, 0.3) is 5.69 Å². The molecular weight excluding hydrogens is 346 g/mol. The van der Waals surface area contributed by atoms with Crippen molar-refractivity contribution in [2.45, 2.75) is 19.8 Å². The summed E-state index contributed by atoms with van der Waals surface area (Å²) in [7, 11) is 0. The van der Waals surface area contributed by atoms with Crippen LogP contribution in [0, 0.1) is 17.0 Å². The number of Topliss-reactive ketones (excluding diaryl/α,β-unsaturated/α-hetero) is 1. The number of nitro benzene ring substituents is 1. The van der Waals surface area contributed by atoms with Crippen molar-refractivity contribution in [3.8, 4) is 0 Å². The number of rotatable bonds is 5. The van der Waals surface area contributed by atoms with Crippen molar-refractivity contribution in [3.63, 3.8) is 0 Å². The van der Waals surface area contributed by atoms with Crippen LogP contribution in [0.25, 0.3) is 16.0 Å². The molecule has 0 bridgehead atoms. The van der Waals surface area contributed by atoms with E-state index < -0.39 is 4.92 Å². The Hall–Kier alpha value is -3.21. The highest BCUT2D eigenvalue weighted by Crippen LogP contribution is 2.20. The number of benzene rings is 1. The Kier molecular flexibility index (Phi) is 3.50. The predicted molar refractivity (Wildman–Crippen MR) is 88.8 cm³/mol. The smallest absolute Gasteiger partial charge is 0.271 e. The van der Waals surface area contributed by atoms with Crippen molar-refractivity contribution in [1.29, 1.82) is 0 Å². The lowest BCUT2D eigenvalue weighted by molar-refractivity contribution is -0.384. The molecule has 4 aromatic rings. The van der Waals surface area contributed by atoms with Crippen molar-refractivity contribution in [2.75, 3.05) is 0 Å². The van der Waals surface area contributed by atoms with Crippen LogP contribution >= 0.6 is 11.3 Å². The molecular formula is C14H11N7O3S. The van der Waals surface area contributed by atoms with Gasteiger partial charge in [-0.15, -0.1) is 10.2 Å². The van der Waals surface area contributed by atoms with Gasteiger partial charge in [-0.3, -0.25) is 14.9 Å². The van der Waals surface area contributed by atoms with Crippen molar-refractivity contribution in [3.05, 3.63) is 45.0 Å². The number of aryl methyl sites for hydroxylation is 2. The molecule has 126 valence electrons. The van der Waals surface area contributed by atoms with Crippen LogP contribution in [0.15, 0.2) is 18.2 Å². The minimum Gasteiger partial charge on any atom is -0.335 e. The van der Waals surface area contributed by atoms with Gasteiger partial charge in [0.15, 0.2) is 17.4 Å². The molecule has 0 spiro atoms. The lowest BCUT2D eigenvalue weighted by atomic mass is 10.2. The number of carbonyl (C=O) groups excluding carboxylic acids is 1. The van der Waals surface area contributed by atoms with Crippen LogP contribution in [0.1, 0.15) is 27.9 Å². The highest BCUT2D eigenvalue weighted by molar-refractivity contribution is 7.16. The summed E-state index contributed by atoms with van der Waals surface area (Å²) >= 11 is 1.43. The number of ketones is 1. The number of aromatic nitrogens is 6. The van der Waals surface area contributed by atoms with Gasteiger partial charge in [0.05, 0.1) is 16.0 Å². The number of nitro groups is 1. The van der Waals surface area contributed by atoms with E-state index in [4.69, 9.17) is 0 Å². The molecule has 0 fully saturated rings. The summed E-state index contributed by atoms with van der Waals surface area (Å²) in [5.41, 5.74) is 0.909. The largest absolute Gasteiger partial charge is 0.335 e. The molecule has 0 unspecified atom stereocenters. The number of nitrogens with one attached hydrogen (secondary N) is 1. The Morgan fingerprint density at radius 2 is 2.24 bits per heavy atom. The standard InChI is InChI=1S/C14H11N7O3S/c1-7-19-20-12(17-18-14(20)25-7)5-4-11(22)13-15-9-3-2-8(21(23)24)6-10(9)16-13/h2-3,6H,4-5H2,1H3,(H,15,16). The zero-order chi connectivity index (χ0) is 17.6. The number of non-ortho nitro benzene ring substituents is 1. The topological polar surface area (TPSA) is 132 Å². The molecule has 10 nitrogen and oxygen atoms in total. The first-order valence-electron chi connectivity index (χ1n) is 7.36. The minimum absolute atomic E-state index is 0.0556. The SMILES string of the molecule is Cc1nn2c(CCC(=O)c3nc4ccc([N+](=O)[O-])cc4[nH]3)nnc2s1. The van der Waals surface area contributed by atoms with Gasteiger partial charge < -0.3 is 4.98 Å². The highest BCUT2D eigenvalue weighted by atomic mass is 32.1.